The molecule has 1 fully saturated rings. The first-order valence-electron chi connectivity index (χ1n) is 8.97. The first-order chi connectivity index (χ1) is 12.4. The molecule has 0 aromatic heterocycles. The maximum Gasteiger partial charge on any atom is 0.228 e. The van der Waals surface area contributed by atoms with E-state index in [-0.39, 0.29) is 17.6 Å². The molecule has 2 aromatic carbocycles. The average molecular weight is 375 g/mol. The van der Waals surface area contributed by atoms with E-state index in [9.17, 15) is 9.18 Å². The van der Waals surface area contributed by atoms with Gasteiger partial charge >= 0.3 is 0 Å². The highest BCUT2D eigenvalue weighted by Gasteiger charge is 2.26. The number of nitrogens with one attached hydrogen (secondary N) is 1. The molecule has 0 bridgehead atoms. The van der Waals surface area contributed by atoms with Gasteiger partial charge in [0.15, 0.2) is 0 Å². The summed E-state index contributed by atoms with van der Waals surface area (Å²) in [7, 11) is 0. The number of piperidine rings is 1. The Bertz CT molecular complexity index is 788. The molecule has 1 atom stereocenters. The summed E-state index contributed by atoms with van der Waals surface area (Å²) in [6.45, 7) is 5.97. The number of rotatable bonds is 4. The van der Waals surface area contributed by atoms with Crippen LogP contribution in [0.3, 0.4) is 0 Å². The van der Waals surface area contributed by atoms with E-state index in [0.717, 1.165) is 30.6 Å². The molecule has 1 amide bonds. The minimum absolute atomic E-state index is 0.0255. The lowest BCUT2D eigenvalue weighted by molar-refractivity contribution is -0.121. The molecule has 1 saturated heterocycles. The number of carbonyl (C=O) groups is 1. The topological polar surface area (TPSA) is 32.3 Å². The molecule has 1 aliphatic heterocycles. The molecule has 0 spiro atoms. The number of nitrogens with zero attached hydrogens (tertiary/aromatic N) is 1. The van der Waals surface area contributed by atoms with Gasteiger partial charge in [0.25, 0.3) is 0 Å². The van der Waals surface area contributed by atoms with Crippen LogP contribution in [0.25, 0.3) is 0 Å². The Morgan fingerprint density at radius 1 is 1.27 bits per heavy atom. The molecule has 2 aromatic rings. The SMILES string of the molecule is Cc1ccc(NC(=O)C2CCCN(Cc3c(F)cccc3Cl)C2)cc1C. The number of hydrogen-bond acceptors (Lipinski definition) is 2. The normalized spacial score (nSPS) is 17.9. The fourth-order valence-electron chi connectivity index (χ4n) is 3.38. The molecule has 3 rings (SSSR count). The summed E-state index contributed by atoms with van der Waals surface area (Å²) in [5, 5.41) is 3.46. The van der Waals surface area contributed by atoms with Crippen LogP contribution in [0.5, 0.6) is 0 Å². The van der Waals surface area contributed by atoms with E-state index in [4.69, 9.17) is 11.6 Å². The molecule has 1 aliphatic rings. The van der Waals surface area contributed by atoms with Gasteiger partial charge in [0, 0.05) is 29.4 Å². The van der Waals surface area contributed by atoms with Crippen LogP contribution in [-0.4, -0.2) is 23.9 Å². The van der Waals surface area contributed by atoms with Crippen LogP contribution in [0, 0.1) is 25.6 Å². The second-order valence-corrected chi connectivity index (χ2v) is 7.47. The van der Waals surface area contributed by atoms with Crippen LogP contribution in [0.2, 0.25) is 5.02 Å². The number of halogens is 2. The van der Waals surface area contributed by atoms with E-state index in [1.165, 1.54) is 11.6 Å². The average Bonchev–Trinajstić information content (AvgIpc) is 2.62. The molecule has 26 heavy (non-hydrogen) atoms. The second-order valence-electron chi connectivity index (χ2n) is 7.06. The van der Waals surface area contributed by atoms with Gasteiger partial charge in [-0.3, -0.25) is 9.69 Å². The van der Waals surface area contributed by atoms with Crippen LogP contribution < -0.4 is 5.32 Å². The highest BCUT2D eigenvalue weighted by atomic mass is 35.5. The number of benzene rings is 2. The number of carbonyl (C=O) groups excluding carboxylic acids is 1. The van der Waals surface area contributed by atoms with Crippen LogP contribution >= 0.6 is 11.6 Å². The van der Waals surface area contributed by atoms with Gasteiger partial charge in [0.2, 0.25) is 5.91 Å². The van der Waals surface area contributed by atoms with E-state index in [2.05, 4.69) is 10.2 Å². The summed E-state index contributed by atoms with van der Waals surface area (Å²) in [4.78, 5) is 14.8. The minimum atomic E-state index is -0.292. The smallest absolute Gasteiger partial charge is 0.228 e. The Balaban J connectivity index is 1.64. The summed E-state index contributed by atoms with van der Waals surface area (Å²) < 4.78 is 14.0. The summed E-state index contributed by atoms with van der Waals surface area (Å²) >= 11 is 6.14. The Morgan fingerprint density at radius 3 is 2.81 bits per heavy atom. The van der Waals surface area contributed by atoms with Crippen molar-refractivity contribution >= 4 is 23.2 Å². The number of aryl methyl sites for hydroxylation is 2. The number of hydrogen-bond donors (Lipinski definition) is 1. The highest BCUT2D eigenvalue weighted by molar-refractivity contribution is 6.31. The Morgan fingerprint density at radius 2 is 2.08 bits per heavy atom. The van der Waals surface area contributed by atoms with Gasteiger partial charge in [0.1, 0.15) is 5.82 Å². The van der Waals surface area contributed by atoms with Crippen LogP contribution in [0.4, 0.5) is 10.1 Å². The maximum absolute atomic E-state index is 14.0. The maximum atomic E-state index is 14.0. The molecular weight excluding hydrogens is 351 g/mol. The van der Waals surface area contributed by atoms with Crippen molar-refractivity contribution in [2.75, 3.05) is 18.4 Å². The summed E-state index contributed by atoms with van der Waals surface area (Å²) in [5.41, 5.74) is 3.69. The summed E-state index contributed by atoms with van der Waals surface area (Å²) in [6.07, 6.45) is 1.76. The zero-order chi connectivity index (χ0) is 18.7. The molecule has 1 N–H and O–H groups in total. The van der Waals surface area contributed by atoms with Gasteiger partial charge in [-0.05, 0) is 68.6 Å². The van der Waals surface area contributed by atoms with Gasteiger partial charge < -0.3 is 5.32 Å². The molecule has 1 heterocycles. The lowest BCUT2D eigenvalue weighted by atomic mass is 9.96. The van der Waals surface area contributed by atoms with E-state index in [1.807, 2.05) is 32.0 Å². The van der Waals surface area contributed by atoms with E-state index in [0.29, 0.717) is 23.7 Å². The van der Waals surface area contributed by atoms with Crippen LogP contribution in [0.15, 0.2) is 36.4 Å². The monoisotopic (exact) mass is 374 g/mol. The largest absolute Gasteiger partial charge is 0.326 e. The van der Waals surface area contributed by atoms with Crippen molar-refractivity contribution in [2.24, 2.45) is 5.92 Å². The lowest BCUT2D eigenvalue weighted by Crippen LogP contribution is -2.40. The summed E-state index contributed by atoms with van der Waals surface area (Å²) in [5.74, 6) is -0.368. The van der Waals surface area contributed by atoms with Gasteiger partial charge in [0.05, 0.1) is 5.92 Å². The fraction of sp³-hybridized carbons (Fsp3) is 0.381. The third kappa shape index (κ3) is 4.43. The quantitative estimate of drug-likeness (QED) is 0.821. The third-order valence-electron chi connectivity index (χ3n) is 5.09. The molecule has 0 radical (unpaired) electrons. The van der Waals surface area contributed by atoms with Gasteiger partial charge in [-0.25, -0.2) is 4.39 Å². The second kappa shape index (κ2) is 8.19. The Kier molecular flexibility index (Phi) is 5.94. The lowest BCUT2D eigenvalue weighted by Gasteiger charge is -2.32. The predicted octanol–water partition coefficient (Wildman–Crippen LogP) is 4.95. The van der Waals surface area contributed by atoms with Crippen LogP contribution in [0.1, 0.15) is 29.5 Å². The van der Waals surface area contributed by atoms with E-state index in [1.54, 1.807) is 12.1 Å². The fourth-order valence-corrected chi connectivity index (χ4v) is 3.61. The first kappa shape index (κ1) is 18.9. The molecule has 0 saturated carbocycles. The third-order valence-corrected chi connectivity index (χ3v) is 5.45. The van der Waals surface area contributed by atoms with E-state index < -0.39 is 0 Å². The molecular formula is C21H24ClFN2O. The zero-order valence-corrected chi connectivity index (χ0v) is 15.9. The van der Waals surface area contributed by atoms with Crippen LogP contribution in [-0.2, 0) is 11.3 Å². The van der Waals surface area contributed by atoms with Crippen molar-refractivity contribution in [2.45, 2.75) is 33.2 Å². The first-order valence-corrected chi connectivity index (χ1v) is 9.35. The summed E-state index contributed by atoms with van der Waals surface area (Å²) in [6, 6.07) is 10.7. The van der Waals surface area contributed by atoms with Crippen molar-refractivity contribution in [3.05, 3.63) is 63.9 Å². The molecule has 1 unspecified atom stereocenters. The molecule has 3 nitrogen and oxygen atoms in total. The van der Waals surface area contributed by atoms with Crippen molar-refractivity contribution in [3.63, 3.8) is 0 Å². The standard InChI is InChI=1S/C21H24ClFN2O/c1-14-8-9-17(11-15(14)2)24-21(26)16-5-4-10-25(12-16)13-18-19(22)6-3-7-20(18)23/h3,6-9,11,16H,4-5,10,12-13H2,1-2H3,(H,24,26). The molecule has 5 heteroatoms. The van der Waals surface area contributed by atoms with Gasteiger partial charge in [-0.1, -0.05) is 23.7 Å². The van der Waals surface area contributed by atoms with E-state index >= 15 is 0 Å². The van der Waals surface area contributed by atoms with Gasteiger partial charge in [-0.2, -0.15) is 0 Å². The van der Waals surface area contributed by atoms with Gasteiger partial charge in [-0.15, -0.1) is 0 Å². The predicted molar refractivity (Wildman–Crippen MR) is 104 cm³/mol. The number of amides is 1. The van der Waals surface area contributed by atoms with Crippen molar-refractivity contribution in [3.8, 4) is 0 Å². The zero-order valence-electron chi connectivity index (χ0n) is 15.2. The molecule has 0 aliphatic carbocycles. The van der Waals surface area contributed by atoms with Crippen molar-refractivity contribution < 1.29 is 9.18 Å². The number of anilines is 1. The minimum Gasteiger partial charge on any atom is -0.326 e. The number of likely N-dealkylation sites (tertiary alicyclic amines) is 1. The van der Waals surface area contributed by atoms with Crippen molar-refractivity contribution in [1.82, 2.24) is 4.90 Å². The highest BCUT2D eigenvalue weighted by Crippen LogP contribution is 2.25. The Labute approximate surface area is 159 Å². The molecule has 138 valence electrons. The van der Waals surface area contributed by atoms with Crippen molar-refractivity contribution in [1.29, 1.82) is 0 Å². The Hall–Kier alpha value is -1.91.